The summed E-state index contributed by atoms with van der Waals surface area (Å²) in [6.07, 6.45) is 0.925. The Morgan fingerprint density at radius 2 is 2.17 bits per heavy atom. The van der Waals surface area contributed by atoms with Gasteiger partial charge in [0.15, 0.2) is 6.20 Å². The second kappa shape index (κ2) is 3.08. The molecule has 6 nitrogen and oxygen atoms in total. The van der Waals surface area contributed by atoms with Crippen LogP contribution < -0.4 is 5.56 Å². The molecule has 0 bridgehead atoms. The van der Waals surface area contributed by atoms with E-state index < -0.39 is 15.6 Å². The molecule has 64 valence electrons. The molecule has 0 atom stereocenters. The minimum absolute atomic E-state index is 0.00815. The van der Waals surface area contributed by atoms with Gasteiger partial charge in [0.2, 0.25) is 0 Å². The third-order valence-electron chi connectivity index (χ3n) is 1.01. The van der Waals surface area contributed by atoms with Crippen molar-refractivity contribution < 1.29 is 5.03 Å². The third-order valence-corrected chi connectivity index (χ3v) is 1.76. The summed E-state index contributed by atoms with van der Waals surface area (Å²) in [5.74, 6) is 0. The SMILES string of the molecule is O=c1c(Cl)c(Cl)cnn1[N+](=O)[O-]. The Labute approximate surface area is 75.4 Å². The van der Waals surface area contributed by atoms with E-state index >= 15 is 0 Å². The first-order valence-corrected chi connectivity index (χ1v) is 3.37. The second-order valence-electron chi connectivity index (χ2n) is 1.74. The largest absolute Gasteiger partial charge is 0.353 e. The lowest BCUT2D eigenvalue weighted by molar-refractivity contribution is -0.556. The molecule has 0 aliphatic carbocycles. The van der Waals surface area contributed by atoms with Crippen molar-refractivity contribution in [1.82, 2.24) is 9.89 Å². The van der Waals surface area contributed by atoms with Crippen molar-refractivity contribution in [3.63, 3.8) is 0 Å². The quantitative estimate of drug-likeness (QED) is 0.501. The smallest absolute Gasteiger partial charge is 0.339 e. The molecule has 0 aliphatic rings. The molecule has 0 aliphatic heterocycles. The fourth-order valence-electron chi connectivity index (χ4n) is 0.521. The molecule has 0 saturated carbocycles. The monoisotopic (exact) mass is 209 g/mol. The molecule has 0 unspecified atom stereocenters. The summed E-state index contributed by atoms with van der Waals surface area (Å²) < 4.78 is 0. The third kappa shape index (κ3) is 1.39. The van der Waals surface area contributed by atoms with Crippen LogP contribution >= 0.6 is 23.2 Å². The molecule has 0 amide bonds. The van der Waals surface area contributed by atoms with Crippen LogP contribution in [0.2, 0.25) is 10.0 Å². The van der Waals surface area contributed by atoms with Crippen LogP contribution in [0.15, 0.2) is 11.0 Å². The first-order chi connectivity index (χ1) is 5.54. The zero-order chi connectivity index (χ0) is 9.30. The van der Waals surface area contributed by atoms with E-state index in [9.17, 15) is 14.9 Å². The Morgan fingerprint density at radius 1 is 1.58 bits per heavy atom. The molecule has 8 heteroatoms. The highest BCUT2D eigenvalue weighted by Crippen LogP contribution is 2.14. The predicted molar refractivity (Wildman–Crippen MR) is 40.9 cm³/mol. The van der Waals surface area contributed by atoms with Gasteiger partial charge in [-0.15, -0.1) is 0 Å². The number of rotatable bonds is 1. The van der Waals surface area contributed by atoms with Gasteiger partial charge in [-0.2, -0.15) is 0 Å². The van der Waals surface area contributed by atoms with Gasteiger partial charge in [-0.3, -0.25) is 4.79 Å². The van der Waals surface area contributed by atoms with Gasteiger partial charge in [0.05, 0.1) is 9.82 Å². The van der Waals surface area contributed by atoms with Crippen LogP contribution in [0, 0.1) is 10.1 Å². The molecule has 0 fully saturated rings. The molecular weight excluding hydrogens is 209 g/mol. The molecule has 1 aromatic heterocycles. The number of hydrogen-bond acceptors (Lipinski definition) is 4. The second-order valence-corrected chi connectivity index (χ2v) is 2.52. The molecule has 1 aromatic rings. The van der Waals surface area contributed by atoms with E-state index in [0.29, 0.717) is 0 Å². The molecule has 0 spiro atoms. The highest BCUT2D eigenvalue weighted by atomic mass is 35.5. The van der Waals surface area contributed by atoms with Crippen molar-refractivity contribution in [2.45, 2.75) is 0 Å². The van der Waals surface area contributed by atoms with Gasteiger partial charge >= 0.3 is 5.56 Å². The van der Waals surface area contributed by atoms with Crippen LogP contribution in [-0.4, -0.2) is 14.9 Å². The maximum Gasteiger partial charge on any atom is 0.353 e. The number of aromatic nitrogens is 2. The van der Waals surface area contributed by atoms with Gasteiger partial charge in [0, 0.05) is 5.10 Å². The molecule has 0 radical (unpaired) electrons. The Morgan fingerprint density at radius 3 is 2.67 bits per heavy atom. The van der Waals surface area contributed by atoms with Gasteiger partial charge in [-0.1, -0.05) is 23.2 Å². The van der Waals surface area contributed by atoms with E-state index in [4.69, 9.17) is 23.2 Å². The van der Waals surface area contributed by atoms with Crippen LogP contribution in [0.1, 0.15) is 0 Å². The molecule has 0 N–H and O–H groups in total. The maximum atomic E-state index is 10.9. The number of halogens is 2. The number of nitrogens with zero attached hydrogens (tertiary/aromatic N) is 3. The highest BCUT2D eigenvalue weighted by Gasteiger charge is 2.14. The molecule has 1 rings (SSSR count). The Hall–Kier alpha value is -1.14. The minimum atomic E-state index is -1.05. The summed E-state index contributed by atoms with van der Waals surface area (Å²) in [7, 11) is 0. The minimum Gasteiger partial charge on any atom is -0.339 e. The highest BCUT2D eigenvalue weighted by molar-refractivity contribution is 6.41. The topological polar surface area (TPSA) is 78.0 Å². The molecule has 1 heterocycles. The average molecular weight is 210 g/mol. The molecule has 0 saturated heterocycles. The van der Waals surface area contributed by atoms with Crippen molar-refractivity contribution >= 4 is 23.2 Å². The van der Waals surface area contributed by atoms with E-state index in [1.807, 2.05) is 0 Å². The van der Waals surface area contributed by atoms with Crippen LogP contribution in [0.4, 0.5) is 0 Å². The predicted octanol–water partition coefficient (Wildman–Crippen LogP) is 0.590. The van der Waals surface area contributed by atoms with Gasteiger partial charge in [-0.25, -0.2) is 0 Å². The van der Waals surface area contributed by atoms with Crippen LogP contribution in [0.5, 0.6) is 0 Å². The molecule has 0 aromatic carbocycles. The summed E-state index contributed by atoms with van der Waals surface area (Å²) in [5, 5.41) is 11.7. The van der Waals surface area contributed by atoms with Crippen molar-refractivity contribution in [2.24, 2.45) is 0 Å². The van der Waals surface area contributed by atoms with E-state index in [0.717, 1.165) is 6.20 Å². The van der Waals surface area contributed by atoms with Gasteiger partial charge in [0.1, 0.15) is 10.0 Å². The fraction of sp³-hybridized carbons (Fsp3) is 0. The molecule has 12 heavy (non-hydrogen) atoms. The maximum absolute atomic E-state index is 10.9. The Kier molecular flexibility index (Phi) is 2.30. The average Bonchev–Trinajstić information content (AvgIpc) is 2.00. The van der Waals surface area contributed by atoms with E-state index in [1.54, 1.807) is 0 Å². The lowest BCUT2D eigenvalue weighted by Gasteiger charge is -1.94. The zero-order valence-electron chi connectivity index (χ0n) is 5.40. The zero-order valence-corrected chi connectivity index (χ0v) is 6.91. The summed E-state index contributed by atoms with van der Waals surface area (Å²) in [5.41, 5.74) is -1.05. The lowest BCUT2D eigenvalue weighted by atomic mass is 10.6. The van der Waals surface area contributed by atoms with Crippen molar-refractivity contribution in [1.29, 1.82) is 0 Å². The van der Waals surface area contributed by atoms with E-state index in [1.165, 1.54) is 0 Å². The van der Waals surface area contributed by atoms with Crippen molar-refractivity contribution in [3.05, 3.63) is 36.7 Å². The fourth-order valence-corrected chi connectivity index (χ4v) is 0.770. The van der Waals surface area contributed by atoms with Crippen LogP contribution in [0.3, 0.4) is 0 Å². The first kappa shape index (κ1) is 8.95. The van der Waals surface area contributed by atoms with Gasteiger partial charge in [-0.05, 0) is 0 Å². The summed E-state index contributed by atoms with van der Waals surface area (Å²) in [4.78, 5) is 21.0. The van der Waals surface area contributed by atoms with Crippen LogP contribution in [0.25, 0.3) is 0 Å². The first-order valence-electron chi connectivity index (χ1n) is 2.62. The van der Waals surface area contributed by atoms with Crippen molar-refractivity contribution in [2.75, 3.05) is 0 Å². The lowest BCUT2D eigenvalue weighted by Crippen LogP contribution is -2.28. The van der Waals surface area contributed by atoms with Crippen molar-refractivity contribution in [3.8, 4) is 0 Å². The summed E-state index contributed by atoms with van der Waals surface area (Å²) in [6, 6.07) is 0. The van der Waals surface area contributed by atoms with E-state index in [-0.39, 0.29) is 9.81 Å². The number of hydrogen-bond donors (Lipinski definition) is 0. The Bertz CT molecular complexity index is 388. The number of nitro groups is 1. The van der Waals surface area contributed by atoms with Gasteiger partial charge in [0.25, 0.3) is 0 Å². The molecular formula is C4HCl2N3O3. The summed E-state index contributed by atoms with van der Waals surface area (Å²) >= 11 is 10.7. The van der Waals surface area contributed by atoms with E-state index in [2.05, 4.69) is 5.10 Å². The Balaban J connectivity index is 3.47. The normalized spacial score (nSPS) is 9.83. The van der Waals surface area contributed by atoms with Crippen LogP contribution in [-0.2, 0) is 0 Å². The standard InChI is InChI=1S/C4HCl2N3O3/c5-2-1-7-8(9(11)12)4(10)3(2)6/h1H. The summed E-state index contributed by atoms with van der Waals surface area (Å²) in [6.45, 7) is 0. The van der Waals surface area contributed by atoms with Gasteiger partial charge < -0.3 is 10.1 Å².